The molecule has 1 aliphatic heterocycles. The third-order valence-electron chi connectivity index (χ3n) is 3.76. The number of anilines is 2. The van der Waals surface area contributed by atoms with Gasteiger partial charge in [0, 0.05) is 30.1 Å². The molecule has 3 rings (SSSR count). The number of rotatable bonds is 4. The summed E-state index contributed by atoms with van der Waals surface area (Å²) in [4.78, 5) is 10.9. The lowest BCUT2D eigenvalue weighted by atomic mass is 10.1. The van der Waals surface area contributed by atoms with Gasteiger partial charge in [0.1, 0.15) is 11.9 Å². The van der Waals surface area contributed by atoms with Gasteiger partial charge in [0.15, 0.2) is 5.82 Å². The maximum absolute atomic E-state index is 7.91. The van der Waals surface area contributed by atoms with Gasteiger partial charge >= 0.3 is 0 Å². The van der Waals surface area contributed by atoms with E-state index in [-0.39, 0.29) is 17.6 Å². The quantitative estimate of drug-likeness (QED) is 0.580. The zero-order valence-electron chi connectivity index (χ0n) is 13.2. The Morgan fingerprint density at radius 3 is 2.43 bits per heavy atom. The van der Waals surface area contributed by atoms with Crippen molar-refractivity contribution in [2.75, 3.05) is 31.6 Å². The molecule has 23 heavy (non-hydrogen) atoms. The first-order valence-corrected chi connectivity index (χ1v) is 7.38. The van der Waals surface area contributed by atoms with Gasteiger partial charge in [-0.25, -0.2) is 4.98 Å². The molecule has 120 valence electrons. The molecule has 0 radical (unpaired) electrons. The number of nitrogens with two attached hydrogens (primary N) is 2. The minimum absolute atomic E-state index is 0.0617. The highest BCUT2D eigenvalue weighted by Crippen LogP contribution is 2.28. The largest absolute Gasteiger partial charge is 0.471 e. The Kier molecular flexibility index (Phi) is 3.87. The second-order valence-electron chi connectivity index (χ2n) is 5.82. The van der Waals surface area contributed by atoms with Crippen LogP contribution in [0.4, 0.5) is 11.5 Å². The van der Waals surface area contributed by atoms with Crippen LogP contribution >= 0.6 is 0 Å². The normalized spacial score (nSPS) is 15.2. The molecule has 0 amide bonds. The van der Waals surface area contributed by atoms with Gasteiger partial charge in [-0.3, -0.25) is 4.90 Å². The van der Waals surface area contributed by atoms with E-state index < -0.39 is 0 Å². The molecule has 0 unspecified atom stereocenters. The third-order valence-corrected chi connectivity index (χ3v) is 3.76. The zero-order valence-corrected chi connectivity index (χ0v) is 13.2. The minimum atomic E-state index is 0.0617. The van der Waals surface area contributed by atoms with Gasteiger partial charge in [0.05, 0.1) is 5.56 Å². The fraction of sp³-hybridized carbons (Fsp3) is 0.312. The van der Waals surface area contributed by atoms with Gasteiger partial charge in [-0.1, -0.05) is 0 Å². The van der Waals surface area contributed by atoms with Gasteiger partial charge in [0.25, 0.3) is 0 Å². The molecule has 1 aliphatic rings. The van der Waals surface area contributed by atoms with Gasteiger partial charge in [-0.15, -0.1) is 0 Å². The molecule has 0 saturated carbocycles. The van der Waals surface area contributed by atoms with Crippen LogP contribution in [0, 0.1) is 5.41 Å². The maximum atomic E-state index is 7.91. The van der Waals surface area contributed by atoms with Crippen molar-refractivity contribution in [2.24, 2.45) is 0 Å². The third kappa shape index (κ3) is 3.09. The smallest absolute Gasteiger partial charge is 0.228 e. The maximum Gasteiger partial charge on any atom is 0.228 e. The van der Waals surface area contributed by atoms with Crippen molar-refractivity contribution < 1.29 is 4.74 Å². The second kappa shape index (κ2) is 5.85. The summed E-state index contributed by atoms with van der Waals surface area (Å²) in [6, 6.07) is 7.24. The van der Waals surface area contributed by atoms with Crippen LogP contribution in [0.5, 0.6) is 5.88 Å². The van der Waals surface area contributed by atoms with Crippen molar-refractivity contribution in [2.45, 2.75) is 13.0 Å². The number of ether oxygens (including phenoxy) is 1. The van der Waals surface area contributed by atoms with Crippen molar-refractivity contribution in [3.63, 3.8) is 0 Å². The number of hydrogen-bond acceptors (Lipinski definition) is 7. The number of likely N-dealkylation sites (tertiary alicyclic amines) is 1. The van der Waals surface area contributed by atoms with Gasteiger partial charge in [0.2, 0.25) is 5.88 Å². The van der Waals surface area contributed by atoms with E-state index in [0.717, 1.165) is 18.7 Å². The van der Waals surface area contributed by atoms with Crippen LogP contribution in [0.15, 0.2) is 24.3 Å². The molecule has 1 fully saturated rings. The zero-order chi connectivity index (χ0) is 16.6. The first-order valence-electron chi connectivity index (χ1n) is 7.38. The monoisotopic (exact) mass is 312 g/mol. The average molecular weight is 312 g/mol. The first kappa shape index (κ1) is 15.2. The Labute approximate surface area is 134 Å². The van der Waals surface area contributed by atoms with Crippen LogP contribution in [0.3, 0.4) is 0 Å². The Hall–Kier alpha value is -2.67. The molecular weight excluding hydrogens is 292 g/mol. The number of nitrogens with zero attached hydrogens (tertiary/aromatic N) is 3. The summed E-state index contributed by atoms with van der Waals surface area (Å²) in [5.74, 6) is 1.09. The lowest BCUT2D eigenvalue weighted by Crippen LogP contribution is -2.51. The molecule has 1 aromatic carbocycles. The average Bonchev–Trinajstić information content (AvgIpc) is 2.45. The van der Waals surface area contributed by atoms with Crippen LogP contribution < -0.4 is 16.2 Å². The van der Waals surface area contributed by atoms with Crippen LogP contribution in [0.2, 0.25) is 0 Å². The Morgan fingerprint density at radius 2 is 1.87 bits per heavy atom. The van der Waals surface area contributed by atoms with Crippen LogP contribution in [0.1, 0.15) is 12.5 Å². The summed E-state index contributed by atoms with van der Waals surface area (Å²) in [5.41, 5.74) is 14.0. The molecule has 0 spiro atoms. The minimum Gasteiger partial charge on any atom is -0.471 e. The summed E-state index contributed by atoms with van der Waals surface area (Å²) in [5, 5.41) is 7.91. The van der Waals surface area contributed by atoms with E-state index in [1.807, 2.05) is 19.2 Å². The number of aromatic nitrogens is 2. The van der Waals surface area contributed by atoms with E-state index in [4.69, 9.17) is 21.6 Å². The summed E-state index contributed by atoms with van der Waals surface area (Å²) < 4.78 is 5.94. The van der Waals surface area contributed by atoms with E-state index in [2.05, 4.69) is 14.9 Å². The molecule has 1 saturated heterocycles. The van der Waals surface area contributed by atoms with Crippen LogP contribution in [-0.4, -0.2) is 46.8 Å². The lowest BCUT2D eigenvalue weighted by molar-refractivity contribution is 0.0355. The van der Waals surface area contributed by atoms with Crippen molar-refractivity contribution in [1.29, 1.82) is 5.41 Å². The second-order valence-corrected chi connectivity index (χ2v) is 5.82. The van der Waals surface area contributed by atoms with Crippen molar-refractivity contribution >= 4 is 17.2 Å². The van der Waals surface area contributed by atoms with E-state index in [1.54, 1.807) is 19.1 Å². The van der Waals surface area contributed by atoms with Crippen LogP contribution in [0.25, 0.3) is 11.4 Å². The molecule has 0 bridgehead atoms. The molecule has 0 aliphatic carbocycles. The summed E-state index contributed by atoms with van der Waals surface area (Å²) >= 11 is 0. The van der Waals surface area contributed by atoms with Gasteiger partial charge in [-0.2, -0.15) is 4.98 Å². The van der Waals surface area contributed by atoms with Gasteiger partial charge < -0.3 is 21.6 Å². The summed E-state index contributed by atoms with van der Waals surface area (Å²) in [7, 11) is 2.02. The van der Waals surface area contributed by atoms with E-state index in [9.17, 15) is 0 Å². The molecule has 7 heteroatoms. The van der Waals surface area contributed by atoms with E-state index in [0.29, 0.717) is 23.0 Å². The Morgan fingerprint density at radius 1 is 1.22 bits per heavy atom. The topological polar surface area (TPSA) is 114 Å². The summed E-state index contributed by atoms with van der Waals surface area (Å²) in [6.07, 6.45) is 0.0617. The molecule has 7 nitrogen and oxygen atoms in total. The molecule has 0 atom stereocenters. The Bertz CT molecular complexity index is 737. The van der Waals surface area contributed by atoms with Crippen LogP contribution in [-0.2, 0) is 0 Å². The number of nitrogen functional groups attached to an aromatic ring is 2. The molecule has 1 aromatic heterocycles. The number of nitrogens with one attached hydrogen (secondary N) is 1. The summed E-state index contributed by atoms with van der Waals surface area (Å²) in [6.45, 7) is 3.31. The first-order chi connectivity index (χ1) is 10.9. The number of benzene rings is 1. The predicted molar refractivity (Wildman–Crippen MR) is 90.7 cm³/mol. The molecule has 2 heterocycles. The van der Waals surface area contributed by atoms with Crippen molar-refractivity contribution in [3.8, 4) is 17.3 Å². The number of likely N-dealkylation sites (N-methyl/N-ethyl adjacent to an activating group) is 1. The molecular formula is C16H20N6O. The highest BCUT2D eigenvalue weighted by molar-refractivity contribution is 6.02. The fourth-order valence-corrected chi connectivity index (χ4v) is 2.53. The van der Waals surface area contributed by atoms with Gasteiger partial charge in [-0.05, 0) is 38.2 Å². The van der Waals surface area contributed by atoms with E-state index in [1.165, 1.54) is 0 Å². The highest BCUT2D eigenvalue weighted by Gasteiger charge is 2.27. The fourth-order valence-electron chi connectivity index (χ4n) is 2.53. The molecule has 2 aromatic rings. The molecule has 5 N–H and O–H groups in total. The number of hydrogen-bond donors (Lipinski definition) is 3. The predicted octanol–water partition coefficient (Wildman–Crippen LogP) is 1.39. The lowest BCUT2D eigenvalue weighted by Gasteiger charge is -2.36. The highest BCUT2D eigenvalue weighted by atomic mass is 16.5. The van der Waals surface area contributed by atoms with Crippen molar-refractivity contribution in [1.82, 2.24) is 14.9 Å². The SMILES string of the molecule is CC(=N)c1c(N)nc(-c2ccc(N)cc2)nc1OC1CN(C)C1. The van der Waals surface area contributed by atoms with E-state index >= 15 is 0 Å². The standard InChI is InChI=1S/C16H20N6O/c1-9(17)13-14(19)20-15(10-3-5-11(18)6-4-10)21-16(13)23-12-7-22(2)8-12/h3-6,12,17H,7-8,18H2,1-2H3,(H2,19,20,21). The van der Waals surface area contributed by atoms with Crippen molar-refractivity contribution in [3.05, 3.63) is 29.8 Å². The Balaban J connectivity index is 2.00.